The zero-order chi connectivity index (χ0) is 15.7. The Bertz CT molecular complexity index is 299. The van der Waals surface area contributed by atoms with Crippen molar-refractivity contribution in [2.45, 2.75) is 77.5 Å². The van der Waals surface area contributed by atoms with Gasteiger partial charge in [-0.15, -0.1) is 0 Å². The Morgan fingerprint density at radius 2 is 2.00 bits per heavy atom. The minimum atomic E-state index is -0.434. The lowest BCUT2D eigenvalue weighted by atomic mass is 10.1. The van der Waals surface area contributed by atoms with Gasteiger partial charge in [-0.05, 0) is 51.5 Å². The number of alkyl carbamates (subject to hydrolysis) is 1. The number of nitrogens with one attached hydrogen (secondary N) is 2. The van der Waals surface area contributed by atoms with Gasteiger partial charge in [-0.1, -0.05) is 19.8 Å². The van der Waals surface area contributed by atoms with Crippen molar-refractivity contribution in [2.75, 3.05) is 18.1 Å². The molecule has 0 aliphatic carbocycles. The third-order valence-electron chi connectivity index (χ3n) is 3.49. The maximum absolute atomic E-state index is 11.8. The smallest absolute Gasteiger partial charge is 0.407 e. The lowest BCUT2D eigenvalue weighted by Gasteiger charge is -2.29. The number of carbonyl (C=O) groups is 1. The Balaban J connectivity index is 2.36. The molecule has 1 heterocycles. The maximum atomic E-state index is 11.8. The summed E-state index contributed by atoms with van der Waals surface area (Å²) in [6.07, 6.45) is 5.64. The first-order chi connectivity index (χ1) is 9.90. The van der Waals surface area contributed by atoms with Crippen LogP contribution in [0.1, 0.15) is 59.8 Å². The van der Waals surface area contributed by atoms with Crippen molar-refractivity contribution in [2.24, 2.45) is 0 Å². The van der Waals surface area contributed by atoms with Crippen LogP contribution in [0, 0.1) is 0 Å². The van der Waals surface area contributed by atoms with Gasteiger partial charge in [-0.25, -0.2) is 4.79 Å². The molecule has 0 aromatic rings. The lowest BCUT2D eigenvalue weighted by Crippen LogP contribution is -2.47. The number of rotatable bonds is 7. The number of amides is 1. The Labute approximate surface area is 134 Å². The molecule has 1 aliphatic heterocycles. The molecule has 1 atom stereocenters. The second kappa shape index (κ2) is 9.57. The van der Waals surface area contributed by atoms with Gasteiger partial charge in [-0.3, -0.25) is 0 Å². The second-order valence-electron chi connectivity index (χ2n) is 6.78. The molecule has 21 heavy (non-hydrogen) atoms. The van der Waals surface area contributed by atoms with Crippen molar-refractivity contribution in [3.05, 3.63) is 0 Å². The number of hydrogen-bond acceptors (Lipinski definition) is 4. The summed E-state index contributed by atoms with van der Waals surface area (Å²) in [6, 6.07) is 0.958. The van der Waals surface area contributed by atoms with E-state index in [0.29, 0.717) is 18.6 Å². The normalized spacial score (nSPS) is 18.3. The fraction of sp³-hybridized carbons (Fsp3) is 0.938. The number of hydrogen-bond donors (Lipinski definition) is 2. The SMILES string of the molecule is CCCCC(CNC(=O)OC(C)(C)C)NC1CCSCC1. The molecule has 0 radical (unpaired) electrons. The molecule has 1 fully saturated rings. The minimum absolute atomic E-state index is 0.315. The van der Waals surface area contributed by atoms with Crippen LogP contribution in [0.25, 0.3) is 0 Å². The van der Waals surface area contributed by atoms with E-state index in [1.165, 1.54) is 37.2 Å². The summed E-state index contributed by atoms with van der Waals surface area (Å²) in [5.74, 6) is 2.50. The molecule has 1 unspecified atom stereocenters. The Hall–Kier alpha value is -0.420. The fourth-order valence-electron chi connectivity index (χ4n) is 2.41. The Morgan fingerprint density at radius 1 is 1.33 bits per heavy atom. The van der Waals surface area contributed by atoms with Crippen LogP contribution in [-0.2, 0) is 4.74 Å². The van der Waals surface area contributed by atoms with E-state index < -0.39 is 5.60 Å². The molecular weight excluding hydrogens is 284 g/mol. The summed E-state index contributed by atoms with van der Waals surface area (Å²) >= 11 is 2.04. The maximum Gasteiger partial charge on any atom is 0.407 e. The molecule has 5 heteroatoms. The van der Waals surface area contributed by atoms with Gasteiger partial charge in [0, 0.05) is 18.6 Å². The van der Waals surface area contributed by atoms with Crippen LogP contribution in [0.15, 0.2) is 0 Å². The molecule has 0 spiro atoms. The predicted molar refractivity (Wildman–Crippen MR) is 91.0 cm³/mol. The first-order valence-corrected chi connectivity index (χ1v) is 9.37. The number of carbonyl (C=O) groups excluding carboxylic acids is 1. The van der Waals surface area contributed by atoms with Crippen LogP contribution >= 0.6 is 11.8 Å². The monoisotopic (exact) mass is 316 g/mol. The van der Waals surface area contributed by atoms with Gasteiger partial charge >= 0.3 is 6.09 Å². The van der Waals surface area contributed by atoms with Crippen LogP contribution in [0.5, 0.6) is 0 Å². The van der Waals surface area contributed by atoms with Crippen molar-refractivity contribution in [3.63, 3.8) is 0 Å². The van der Waals surface area contributed by atoms with E-state index in [1.807, 2.05) is 32.5 Å². The average Bonchev–Trinajstić information content (AvgIpc) is 2.41. The van der Waals surface area contributed by atoms with Crippen molar-refractivity contribution in [1.29, 1.82) is 0 Å². The molecule has 0 aromatic heterocycles. The highest BCUT2D eigenvalue weighted by atomic mass is 32.2. The van der Waals surface area contributed by atoms with E-state index in [9.17, 15) is 4.79 Å². The van der Waals surface area contributed by atoms with Crippen molar-refractivity contribution >= 4 is 17.9 Å². The zero-order valence-electron chi connectivity index (χ0n) is 14.0. The Morgan fingerprint density at radius 3 is 2.57 bits per heavy atom. The molecule has 1 amide bonds. The van der Waals surface area contributed by atoms with Gasteiger partial charge in [-0.2, -0.15) is 11.8 Å². The molecular formula is C16H32N2O2S. The zero-order valence-corrected chi connectivity index (χ0v) is 14.9. The summed E-state index contributed by atoms with van der Waals surface area (Å²) in [6.45, 7) is 8.52. The van der Waals surface area contributed by atoms with Gasteiger partial charge in [0.2, 0.25) is 0 Å². The van der Waals surface area contributed by atoms with E-state index in [1.54, 1.807) is 0 Å². The number of unbranched alkanes of at least 4 members (excludes halogenated alkanes) is 1. The lowest BCUT2D eigenvalue weighted by molar-refractivity contribution is 0.0520. The summed E-state index contributed by atoms with van der Waals surface area (Å²) < 4.78 is 5.30. The first-order valence-electron chi connectivity index (χ1n) is 8.21. The molecule has 1 saturated heterocycles. The van der Waals surface area contributed by atoms with E-state index >= 15 is 0 Å². The predicted octanol–water partition coefficient (Wildman–Crippen LogP) is 3.56. The van der Waals surface area contributed by atoms with Crippen LogP contribution in [0.3, 0.4) is 0 Å². The van der Waals surface area contributed by atoms with Crippen molar-refractivity contribution in [1.82, 2.24) is 10.6 Å². The van der Waals surface area contributed by atoms with Crippen LogP contribution in [-0.4, -0.2) is 41.8 Å². The van der Waals surface area contributed by atoms with Gasteiger partial charge in [0.05, 0.1) is 0 Å². The van der Waals surface area contributed by atoms with Gasteiger partial charge in [0.1, 0.15) is 5.60 Å². The number of thioether (sulfide) groups is 1. The summed E-state index contributed by atoms with van der Waals surface area (Å²) in [5, 5.41) is 6.63. The fourth-order valence-corrected chi connectivity index (χ4v) is 3.52. The summed E-state index contributed by atoms with van der Waals surface area (Å²) in [7, 11) is 0. The van der Waals surface area contributed by atoms with Crippen LogP contribution in [0.2, 0.25) is 0 Å². The second-order valence-corrected chi connectivity index (χ2v) is 8.00. The van der Waals surface area contributed by atoms with Crippen LogP contribution < -0.4 is 10.6 Å². The van der Waals surface area contributed by atoms with E-state index in [-0.39, 0.29) is 6.09 Å². The molecule has 1 rings (SSSR count). The van der Waals surface area contributed by atoms with E-state index in [2.05, 4.69) is 17.6 Å². The van der Waals surface area contributed by atoms with Gasteiger partial charge in [0.25, 0.3) is 0 Å². The summed E-state index contributed by atoms with van der Waals surface area (Å²) in [5.41, 5.74) is -0.434. The van der Waals surface area contributed by atoms with Gasteiger partial charge < -0.3 is 15.4 Å². The molecule has 1 aliphatic rings. The topological polar surface area (TPSA) is 50.4 Å². The molecule has 0 bridgehead atoms. The average molecular weight is 317 g/mol. The standard InChI is InChI=1S/C16H32N2O2S/c1-5-6-7-14(18-13-8-10-21-11-9-13)12-17-15(19)20-16(2,3)4/h13-14,18H,5-12H2,1-4H3,(H,17,19). The van der Waals surface area contributed by atoms with E-state index in [4.69, 9.17) is 4.74 Å². The molecule has 4 nitrogen and oxygen atoms in total. The third-order valence-corrected chi connectivity index (χ3v) is 4.54. The Kier molecular flexibility index (Phi) is 8.49. The van der Waals surface area contributed by atoms with E-state index in [0.717, 1.165) is 6.42 Å². The highest BCUT2D eigenvalue weighted by Crippen LogP contribution is 2.18. The molecule has 0 aromatic carbocycles. The molecule has 0 saturated carbocycles. The molecule has 2 N–H and O–H groups in total. The molecule has 124 valence electrons. The first kappa shape index (κ1) is 18.6. The van der Waals surface area contributed by atoms with Crippen molar-refractivity contribution < 1.29 is 9.53 Å². The quantitative estimate of drug-likeness (QED) is 0.754. The number of ether oxygens (including phenoxy) is 1. The highest BCUT2D eigenvalue weighted by molar-refractivity contribution is 7.99. The van der Waals surface area contributed by atoms with Crippen LogP contribution in [0.4, 0.5) is 4.79 Å². The summed E-state index contributed by atoms with van der Waals surface area (Å²) in [4.78, 5) is 11.8. The van der Waals surface area contributed by atoms with Crippen molar-refractivity contribution in [3.8, 4) is 0 Å². The van der Waals surface area contributed by atoms with Gasteiger partial charge in [0.15, 0.2) is 0 Å². The largest absolute Gasteiger partial charge is 0.444 e. The third kappa shape index (κ3) is 9.25. The highest BCUT2D eigenvalue weighted by Gasteiger charge is 2.20. The minimum Gasteiger partial charge on any atom is -0.444 e.